The van der Waals surface area contributed by atoms with Crippen LogP contribution in [0.2, 0.25) is 4.44 Å². The normalized spacial score (nSPS) is 11.4. The number of unbranched alkanes of at least 4 members (excludes halogenated alkanes) is 9. The molecule has 0 aliphatic carbocycles. The van der Waals surface area contributed by atoms with E-state index in [0.29, 0.717) is 0 Å². The standard InChI is InChI=1S/C12H25.C6H5.Sn.2H/c1-3-5-7-9-11-12-10-8-6-4-2;1-2-4-6-5-3-1;;;/h1,3-12H2,2H3;1-5H;;;. The van der Waals surface area contributed by atoms with Gasteiger partial charge in [0.2, 0.25) is 0 Å². The second-order valence-electron chi connectivity index (χ2n) is 5.77. The minimum atomic E-state index is -0.593. The van der Waals surface area contributed by atoms with Gasteiger partial charge in [-0.15, -0.1) is 0 Å². The minimum absolute atomic E-state index is 0.593. The first-order chi connectivity index (χ1) is 9.43. The number of hydrogen-bond donors (Lipinski definition) is 0. The third-order valence-electron chi connectivity index (χ3n) is 3.91. The van der Waals surface area contributed by atoms with Crippen molar-refractivity contribution in [3.05, 3.63) is 30.3 Å². The fraction of sp³-hybridized carbons (Fsp3) is 0.667. The zero-order chi connectivity index (χ0) is 13.6. The van der Waals surface area contributed by atoms with E-state index in [0.717, 1.165) is 0 Å². The van der Waals surface area contributed by atoms with Gasteiger partial charge in [0, 0.05) is 0 Å². The van der Waals surface area contributed by atoms with Gasteiger partial charge in [-0.2, -0.15) is 0 Å². The monoisotopic (exact) mass is 368 g/mol. The van der Waals surface area contributed by atoms with E-state index in [1.807, 2.05) is 0 Å². The molecule has 108 valence electrons. The summed E-state index contributed by atoms with van der Waals surface area (Å²) in [5.74, 6) is 0. The van der Waals surface area contributed by atoms with Crippen molar-refractivity contribution in [1.82, 2.24) is 0 Å². The Bertz CT molecular complexity index is 281. The SMILES string of the molecule is CCCCCCCCCCC[CH2][SnH2][c]1ccccc1. The predicted octanol–water partition coefficient (Wildman–Crippen LogP) is 4.82. The summed E-state index contributed by atoms with van der Waals surface area (Å²) in [6, 6.07) is 11.2. The van der Waals surface area contributed by atoms with Gasteiger partial charge < -0.3 is 0 Å². The van der Waals surface area contributed by atoms with Crippen molar-refractivity contribution >= 4 is 24.7 Å². The van der Waals surface area contributed by atoms with Crippen molar-refractivity contribution in [3.8, 4) is 0 Å². The zero-order valence-electron chi connectivity index (χ0n) is 12.9. The van der Waals surface area contributed by atoms with Crippen LogP contribution >= 0.6 is 0 Å². The molecule has 0 atom stereocenters. The quantitative estimate of drug-likeness (QED) is 0.367. The van der Waals surface area contributed by atoms with Crippen molar-refractivity contribution in [2.45, 2.75) is 75.6 Å². The van der Waals surface area contributed by atoms with Gasteiger partial charge in [-0.3, -0.25) is 0 Å². The molecule has 19 heavy (non-hydrogen) atoms. The Balaban J connectivity index is 1.79. The summed E-state index contributed by atoms with van der Waals surface area (Å²) >= 11 is -0.593. The number of benzene rings is 1. The average molecular weight is 367 g/mol. The number of hydrogen-bond acceptors (Lipinski definition) is 0. The Morgan fingerprint density at radius 2 is 1.21 bits per heavy atom. The Morgan fingerprint density at radius 3 is 1.79 bits per heavy atom. The van der Waals surface area contributed by atoms with E-state index >= 15 is 0 Å². The maximum absolute atomic E-state index is 2.34. The molecule has 0 N–H and O–H groups in total. The predicted molar refractivity (Wildman–Crippen MR) is 91.3 cm³/mol. The third-order valence-corrected chi connectivity index (χ3v) is 9.34. The molecule has 0 bridgehead atoms. The molecule has 1 heteroatoms. The van der Waals surface area contributed by atoms with E-state index in [4.69, 9.17) is 0 Å². The molecule has 1 rings (SSSR count). The molecule has 1 aromatic carbocycles. The van der Waals surface area contributed by atoms with Crippen LogP contribution in [-0.2, 0) is 0 Å². The first kappa shape index (κ1) is 17.1. The van der Waals surface area contributed by atoms with Crippen molar-refractivity contribution in [2.24, 2.45) is 0 Å². The fourth-order valence-electron chi connectivity index (χ4n) is 2.64. The van der Waals surface area contributed by atoms with Gasteiger partial charge in [0.25, 0.3) is 0 Å². The molecule has 0 saturated heterocycles. The van der Waals surface area contributed by atoms with E-state index in [9.17, 15) is 0 Å². The molecule has 0 aromatic heterocycles. The molecule has 0 saturated carbocycles. The topological polar surface area (TPSA) is 0 Å². The first-order valence-electron chi connectivity index (χ1n) is 8.47. The van der Waals surface area contributed by atoms with Crippen LogP contribution in [0, 0.1) is 0 Å². The van der Waals surface area contributed by atoms with Crippen LogP contribution in [0.3, 0.4) is 0 Å². The van der Waals surface area contributed by atoms with Gasteiger partial charge in [-0.1, -0.05) is 0 Å². The molecule has 0 radical (unpaired) electrons. The Kier molecular flexibility index (Phi) is 11.7. The Hall–Kier alpha value is 0.0187. The summed E-state index contributed by atoms with van der Waals surface area (Å²) in [5.41, 5.74) is 0. The van der Waals surface area contributed by atoms with Crippen LogP contribution in [-0.4, -0.2) is 21.1 Å². The van der Waals surface area contributed by atoms with Crippen LogP contribution in [0.5, 0.6) is 0 Å². The molecular weight excluding hydrogens is 335 g/mol. The molecule has 1 aromatic rings. The van der Waals surface area contributed by atoms with Crippen molar-refractivity contribution in [3.63, 3.8) is 0 Å². The summed E-state index contributed by atoms with van der Waals surface area (Å²) in [6.45, 7) is 2.29. The first-order valence-corrected chi connectivity index (χ1v) is 13.3. The molecule has 0 spiro atoms. The second-order valence-corrected chi connectivity index (χ2v) is 11.5. The van der Waals surface area contributed by atoms with Crippen molar-refractivity contribution < 1.29 is 0 Å². The average Bonchev–Trinajstić information content (AvgIpc) is 2.46. The van der Waals surface area contributed by atoms with Gasteiger partial charge in [0.15, 0.2) is 0 Å². The second kappa shape index (κ2) is 13.0. The van der Waals surface area contributed by atoms with Gasteiger partial charge in [-0.05, 0) is 0 Å². The van der Waals surface area contributed by atoms with Crippen molar-refractivity contribution in [2.75, 3.05) is 0 Å². The zero-order valence-corrected chi connectivity index (χ0v) is 16.9. The van der Waals surface area contributed by atoms with Gasteiger partial charge >= 0.3 is 131 Å². The summed E-state index contributed by atoms with van der Waals surface area (Å²) in [5, 5.41) is 0. The third kappa shape index (κ3) is 10.5. The molecule has 0 amide bonds. The van der Waals surface area contributed by atoms with Crippen LogP contribution in [0.25, 0.3) is 0 Å². The van der Waals surface area contributed by atoms with E-state index in [1.165, 1.54) is 64.2 Å². The molecule has 0 heterocycles. The molecule has 0 unspecified atom stereocenters. The molecular formula is C18H32Sn. The van der Waals surface area contributed by atoms with Gasteiger partial charge in [0.05, 0.1) is 0 Å². The van der Waals surface area contributed by atoms with E-state index in [-0.39, 0.29) is 0 Å². The fourth-order valence-corrected chi connectivity index (χ4v) is 7.25. The molecule has 0 aliphatic rings. The summed E-state index contributed by atoms with van der Waals surface area (Å²) in [4.78, 5) is 0. The Morgan fingerprint density at radius 1 is 0.684 bits per heavy atom. The van der Waals surface area contributed by atoms with Gasteiger partial charge in [-0.25, -0.2) is 0 Å². The molecule has 0 aliphatic heterocycles. The van der Waals surface area contributed by atoms with Crippen LogP contribution in [0.15, 0.2) is 30.3 Å². The summed E-state index contributed by atoms with van der Waals surface area (Å²) < 4.78 is 3.28. The van der Waals surface area contributed by atoms with Gasteiger partial charge in [0.1, 0.15) is 0 Å². The molecule has 0 nitrogen and oxygen atoms in total. The van der Waals surface area contributed by atoms with Crippen molar-refractivity contribution in [1.29, 1.82) is 0 Å². The van der Waals surface area contributed by atoms with Crippen LogP contribution in [0.4, 0.5) is 0 Å². The van der Waals surface area contributed by atoms with Crippen LogP contribution < -0.4 is 3.58 Å². The van der Waals surface area contributed by atoms with E-state index in [2.05, 4.69) is 37.3 Å². The molecule has 0 fully saturated rings. The Labute approximate surface area is 130 Å². The van der Waals surface area contributed by atoms with E-state index in [1.54, 1.807) is 8.02 Å². The summed E-state index contributed by atoms with van der Waals surface area (Å²) in [7, 11) is 0. The van der Waals surface area contributed by atoms with Crippen LogP contribution in [0.1, 0.15) is 71.1 Å². The number of rotatable bonds is 12. The summed E-state index contributed by atoms with van der Waals surface area (Å²) in [6.07, 6.45) is 14.6. The van der Waals surface area contributed by atoms with E-state index < -0.39 is 21.1 Å². The maximum atomic E-state index is 2.34.